The lowest BCUT2D eigenvalue weighted by Gasteiger charge is -2.49. The standard InChI is InChI=1S/C82H86BN3O/c1-49-42-64-66(81(14,15)41-40-79(64,10)11)47-68(49)85-70-44-54(84(52-30-26-50(27-31-52)76(2,3)4)53-32-28-51(29-33-53)77(5,6)7)35-37-67(70)83-74-61(46-60-56-22-18-20-24-62(56)82(16,17)73(60)75(74)85)58-45-59-57-23-19-21-25-71(57)87-72(59)48-69(58)86(83)55-34-36-63-65(43-55)80(12,13)39-38-78(63,8)9/h18-37,42-48H,38-41H2,1-17H3. The predicted molar refractivity (Wildman–Crippen MR) is 372 cm³/mol. The Bertz CT molecular complexity index is 4470. The van der Waals surface area contributed by atoms with Crippen LogP contribution in [0.3, 0.4) is 0 Å². The van der Waals surface area contributed by atoms with Gasteiger partial charge in [0, 0.05) is 73.3 Å². The third-order valence-corrected chi connectivity index (χ3v) is 22.0. The monoisotopic (exact) mass is 1140 g/mol. The Morgan fingerprint density at radius 1 is 0.437 bits per heavy atom. The van der Waals surface area contributed by atoms with Crippen LogP contribution < -0.4 is 25.5 Å². The predicted octanol–water partition coefficient (Wildman–Crippen LogP) is 21.7. The molecule has 9 aromatic carbocycles. The fourth-order valence-electron chi connectivity index (χ4n) is 16.5. The molecule has 5 aliphatic rings. The number of fused-ring (bicyclic) bond motifs is 13. The van der Waals surface area contributed by atoms with Gasteiger partial charge in [0.15, 0.2) is 0 Å². The average Bonchev–Trinajstić information content (AvgIpc) is 1.67. The first kappa shape index (κ1) is 55.8. The van der Waals surface area contributed by atoms with Crippen LogP contribution in [0.25, 0.3) is 44.2 Å². The van der Waals surface area contributed by atoms with Crippen LogP contribution in [0.2, 0.25) is 0 Å². The van der Waals surface area contributed by atoms with E-state index < -0.39 is 0 Å². The van der Waals surface area contributed by atoms with Gasteiger partial charge in [-0.25, -0.2) is 0 Å². The summed E-state index contributed by atoms with van der Waals surface area (Å²) >= 11 is 0. The van der Waals surface area contributed by atoms with Crippen molar-refractivity contribution in [3.63, 3.8) is 0 Å². The number of rotatable bonds is 5. The van der Waals surface area contributed by atoms with Crippen molar-refractivity contribution < 1.29 is 4.42 Å². The number of nitrogens with zero attached hydrogens (tertiary/aromatic N) is 3. The number of furan rings is 1. The molecule has 0 radical (unpaired) electrons. The Morgan fingerprint density at radius 2 is 1.00 bits per heavy atom. The first-order chi connectivity index (χ1) is 41.0. The number of benzene rings is 9. The minimum absolute atomic E-state index is 0.00514. The third-order valence-electron chi connectivity index (χ3n) is 22.0. The molecule has 0 amide bonds. The fraction of sp³-hybridized carbons (Fsp3) is 0.341. The fourth-order valence-corrected chi connectivity index (χ4v) is 16.5. The molecule has 87 heavy (non-hydrogen) atoms. The van der Waals surface area contributed by atoms with E-state index in [4.69, 9.17) is 4.42 Å². The highest BCUT2D eigenvalue weighted by molar-refractivity contribution is 6.93. The quantitative estimate of drug-likeness (QED) is 0.160. The maximum absolute atomic E-state index is 6.97. The molecular formula is C82H86BN3O. The summed E-state index contributed by atoms with van der Waals surface area (Å²) in [6.45, 7) is 40.8. The molecule has 3 aliphatic carbocycles. The summed E-state index contributed by atoms with van der Waals surface area (Å²) in [6.07, 6.45) is 4.58. The van der Waals surface area contributed by atoms with Crippen molar-refractivity contribution in [3.8, 4) is 22.3 Å². The molecule has 0 fully saturated rings. The van der Waals surface area contributed by atoms with Crippen LogP contribution in [0.1, 0.15) is 187 Å². The van der Waals surface area contributed by atoms with Gasteiger partial charge in [-0.1, -0.05) is 196 Å². The van der Waals surface area contributed by atoms with Gasteiger partial charge in [0.1, 0.15) is 11.2 Å². The van der Waals surface area contributed by atoms with Crippen molar-refractivity contribution in [2.24, 2.45) is 0 Å². The molecule has 0 atom stereocenters. The minimum Gasteiger partial charge on any atom is -0.456 e. The molecule has 0 bridgehead atoms. The SMILES string of the molecule is Cc1cc2c(cc1N1c3cc(N(c4ccc(C(C)(C)C)cc4)c4ccc(C(C)(C)C)cc4)ccc3B3c4c(cc5c(c41)C(C)(C)c1ccccc1-5)-c1cc4c(cc1N3c1ccc3c(c1)C(C)(C)CCC3(C)C)oc1ccccc14)C(C)(C)CCC2(C)C. The highest BCUT2D eigenvalue weighted by Crippen LogP contribution is 2.60. The molecule has 438 valence electrons. The molecule has 4 nitrogen and oxygen atoms in total. The van der Waals surface area contributed by atoms with Crippen LogP contribution in [0.4, 0.5) is 45.5 Å². The van der Waals surface area contributed by atoms with Gasteiger partial charge < -0.3 is 19.0 Å². The Hall–Kier alpha value is -7.76. The van der Waals surface area contributed by atoms with E-state index in [1.54, 1.807) is 0 Å². The lowest BCUT2D eigenvalue weighted by Crippen LogP contribution is -2.62. The lowest BCUT2D eigenvalue weighted by atomic mass is 9.42. The molecule has 0 unspecified atom stereocenters. The van der Waals surface area contributed by atoms with Crippen LogP contribution in [0.5, 0.6) is 0 Å². The van der Waals surface area contributed by atoms with Gasteiger partial charge >= 0.3 is 6.85 Å². The van der Waals surface area contributed by atoms with Gasteiger partial charge in [0.25, 0.3) is 0 Å². The van der Waals surface area contributed by atoms with Crippen molar-refractivity contribution >= 4 is 85.2 Å². The number of para-hydroxylation sites is 1. The van der Waals surface area contributed by atoms with E-state index in [9.17, 15) is 0 Å². The molecule has 0 N–H and O–H groups in total. The maximum Gasteiger partial charge on any atom is 0.333 e. The largest absolute Gasteiger partial charge is 0.456 e. The highest BCUT2D eigenvalue weighted by Gasteiger charge is 2.52. The van der Waals surface area contributed by atoms with E-state index in [-0.39, 0.29) is 44.8 Å². The first-order valence-electron chi connectivity index (χ1n) is 32.4. The van der Waals surface area contributed by atoms with E-state index in [1.165, 1.54) is 112 Å². The average molecular weight is 1140 g/mol. The minimum atomic E-state index is -0.357. The maximum atomic E-state index is 6.97. The zero-order valence-corrected chi connectivity index (χ0v) is 54.7. The van der Waals surface area contributed by atoms with Crippen LogP contribution in [-0.2, 0) is 37.9 Å². The summed E-state index contributed by atoms with van der Waals surface area (Å²) in [7, 11) is 0. The smallest absolute Gasteiger partial charge is 0.333 e. The Kier molecular flexibility index (Phi) is 11.8. The zero-order valence-electron chi connectivity index (χ0n) is 54.7. The third kappa shape index (κ3) is 8.29. The second-order valence-electron chi connectivity index (χ2n) is 32.0. The van der Waals surface area contributed by atoms with Crippen molar-refractivity contribution in [2.45, 2.75) is 181 Å². The van der Waals surface area contributed by atoms with Gasteiger partial charge in [0.2, 0.25) is 0 Å². The van der Waals surface area contributed by atoms with E-state index in [0.29, 0.717) is 0 Å². The van der Waals surface area contributed by atoms with Crippen LogP contribution in [0.15, 0.2) is 168 Å². The van der Waals surface area contributed by atoms with Crippen molar-refractivity contribution in [2.75, 3.05) is 14.6 Å². The van der Waals surface area contributed by atoms with Gasteiger partial charge in [-0.15, -0.1) is 0 Å². The Labute approximate surface area is 518 Å². The Balaban J connectivity index is 1.10. The molecule has 0 saturated heterocycles. The Morgan fingerprint density at radius 3 is 1.63 bits per heavy atom. The second kappa shape index (κ2) is 18.4. The topological polar surface area (TPSA) is 22.9 Å². The molecule has 0 spiro atoms. The number of hydrogen-bond donors (Lipinski definition) is 0. The van der Waals surface area contributed by atoms with E-state index in [0.717, 1.165) is 64.7 Å². The van der Waals surface area contributed by atoms with Crippen molar-refractivity contribution in [1.82, 2.24) is 0 Å². The van der Waals surface area contributed by atoms with Crippen LogP contribution in [0, 0.1) is 6.92 Å². The summed E-state index contributed by atoms with van der Waals surface area (Å²) in [5, 5.41) is 2.29. The first-order valence-corrected chi connectivity index (χ1v) is 32.4. The normalized spacial score (nSPS) is 17.9. The summed E-state index contributed by atoms with van der Waals surface area (Å²) in [4.78, 5) is 8.06. The van der Waals surface area contributed by atoms with Gasteiger partial charge in [-0.2, -0.15) is 0 Å². The van der Waals surface area contributed by atoms with Gasteiger partial charge in [0.05, 0.1) is 0 Å². The molecule has 10 aromatic rings. The second-order valence-corrected chi connectivity index (χ2v) is 32.0. The summed E-state index contributed by atoms with van der Waals surface area (Å²) in [6, 6.07) is 64.5. The molecular weight excluding hydrogens is 1050 g/mol. The van der Waals surface area contributed by atoms with Crippen LogP contribution >= 0.6 is 0 Å². The van der Waals surface area contributed by atoms with Gasteiger partial charge in [-0.05, 0) is 216 Å². The number of aryl methyl sites for hydroxylation is 1. The molecule has 2 aliphatic heterocycles. The molecule has 5 heteroatoms. The van der Waals surface area contributed by atoms with Crippen molar-refractivity contribution in [3.05, 3.63) is 214 Å². The molecule has 0 saturated carbocycles. The zero-order chi connectivity index (χ0) is 61.0. The molecule has 1 aromatic heterocycles. The molecule has 3 heterocycles. The lowest BCUT2D eigenvalue weighted by molar-refractivity contribution is 0.332. The van der Waals surface area contributed by atoms with E-state index >= 15 is 0 Å². The van der Waals surface area contributed by atoms with Crippen LogP contribution in [-0.4, -0.2) is 6.85 Å². The molecule has 15 rings (SSSR count). The van der Waals surface area contributed by atoms with Crippen molar-refractivity contribution in [1.29, 1.82) is 0 Å². The van der Waals surface area contributed by atoms with E-state index in [2.05, 4.69) is 296 Å². The number of hydrogen-bond acceptors (Lipinski definition) is 4. The van der Waals surface area contributed by atoms with E-state index in [1.807, 2.05) is 0 Å². The highest BCUT2D eigenvalue weighted by atomic mass is 16.3. The summed E-state index contributed by atoms with van der Waals surface area (Å²) < 4.78 is 6.97. The summed E-state index contributed by atoms with van der Waals surface area (Å²) in [5.74, 6) is 0. The number of anilines is 8. The van der Waals surface area contributed by atoms with Gasteiger partial charge in [-0.3, -0.25) is 0 Å². The summed E-state index contributed by atoms with van der Waals surface area (Å²) in [5.41, 5.74) is 31.4.